The maximum absolute atomic E-state index is 12.3. The molecule has 0 saturated carbocycles. The first-order valence-corrected chi connectivity index (χ1v) is 7.94. The van der Waals surface area contributed by atoms with Crippen molar-refractivity contribution in [3.63, 3.8) is 0 Å². The van der Waals surface area contributed by atoms with Gasteiger partial charge in [-0.05, 0) is 19.1 Å². The molecular weight excluding hydrogens is 300 g/mol. The molecule has 0 aromatic carbocycles. The Morgan fingerprint density at radius 3 is 2.36 bits per heavy atom. The molecule has 2 aromatic heterocycles. The Bertz CT molecular complexity index is 678. The molecule has 0 unspecified atom stereocenters. The number of rotatable bonds is 2. The molecule has 0 radical (unpaired) electrons. The minimum Gasteiger partial charge on any atom is -0.335 e. The number of thiazole rings is 1. The molecule has 1 aliphatic heterocycles. The number of pyridine rings is 1. The van der Waals surface area contributed by atoms with Crippen LogP contribution in [0.25, 0.3) is 0 Å². The van der Waals surface area contributed by atoms with Crippen molar-refractivity contribution < 1.29 is 9.59 Å². The fraction of sp³-hybridized carbons (Fsp3) is 0.333. The van der Waals surface area contributed by atoms with Crippen molar-refractivity contribution in [2.75, 3.05) is 26.2 Å². The first-order valence-electron chi connectivity index (χ1n) is 7.06. The summed E-state index contributed by atoms with van der Waals surface area (Å²) in [6.45, 7) is 4.00. The lowest BCUT2D eigenvalue weighted by Crippen LogP contribution is -2.50. The topological polar surface area (TPSA) is 66.4 Å². The van der Waals surface area contributed by atoms with Gasteiger partial charge in [-0.1, -0.05) is 0 Å². The Morgan fingerprint density at radius 2 is 1.82 bits per heavy atom. The van der Waals surface area contributed by atoms with Gasteiger partial charge in [0.2, 0.25) is 0 Å². The molecular formula is C15H16N4O2S. The smallest absolute Gasteiger partial charge is 0.273 e. The molecule has 2 aromatic rings. The van der Waals surface area contributed by atoms with Gasteiger partial charge in [0.25, 0.3) is 11.8 Å². The molecule has 0 N–H and O–H groups in total. The summed E-state index contributed by atoms with van der Waals surface area (Å²) in [6.07, 6.45) is 3.21. The number of carbonyl (C=O) groups is 2. The molecule has 114 valence electrons. The highest BCUT2D eigenvalue weighted by Gasteiger charge is 2.26. The zero-order valence-electron chi connectivity index (χ0n) is 12.2. The minimum atomic E-state index is -0.0576. The van der Waals surface area contributed by atoms with Gasteiger partial charge in [0, 0.05) is 44.0 Å². The van der Waals surface area contributed by atoms with Crippen LogP contribution in [0, 0.1) is 6.92 Å². The second-order valence-electron chi connectivity index (χ2n) is 5.08. The van der Waals surface area contributed by atoms with E-state index in [0.717, 1.165) is 5.01 Å². The van der Waals surface area contributed by atoms with Gasteiger partial charge >= 0.3 is 0 Å². The van der Waals surface area contributed by atoms with Gasteiger partial charge in [-0.3, -0.25) is 14.6 Å². The Kier molecular flexibility index (Phi) is 4.15. The fourth-order valence-corrected chi connectivity index (χ4v) is 2.99. The predicted molar refractivity (Wildman–Crippen MR) is 82.9 cm³/mol. The van der Waals surface area contributed by atoms with Gasteiger partial charge < -0.3 is 9.80 Å². The minimum absolute atomic E-state index is 0.0373. The zero-order chi connectivity index (χ0) is 15.5. The van der Waals surface area contributed by atoms with E-state index in [1.54, 1.807) is 39.7 Å². The summed E-state index contributed by atoms with van der Waals surface area (Å²) in [7, 11) is 0. The van der Waals surface area contributed by atoms with Gasteiger partial charge in [-0.15, -0.1) is 11.3 Å². The lowest BCUT2D eigenvalue weighted by Gasteiger charge is -2.34. The summed E-state index contributed by atoms with van der Waals surface area (Å²) in [5.74, 6) is -0.0949. The molecule has 0 atom stereocenters. The highest BCUT2D eigenvalue weighted by Crippen LogP contribution is 2.13. The van der Waals surface area contributed by atoms with Crippen molar-refractivity contribution in [3.05, 3.63) is 46.2 Å². The molecule has 6 nitrogen and oxygen atoms in total. The van der Waals surface area contributed by atoms with Gasteiger partial charge in [0.05, 0.1) is 10.6 Å². The number of amides is 2. The van der Waals surface area contributed by atoms with Crippen LogP contribution in [0.15, 0.2) is 29.9 Å². The SMILES string of the molecule is Cc1nc(C(=O)N2CCN(C(=O)c3cccnc3)CC2)cs1. The van der Waals surface area contributed by atoms with Crippen molar-refractivity contribution in [3.8, 4) is 0 Å². The van der Waals surface area contributed by atoms with Crippen LogP contribution in [0.4, 0.5) is 0 Å². The third kappa shape index (κ3) is 2.99. The number of nitrogens with zero attached hydrogens (tertiary/aromatic N) is 4. The van der Waals surface area contributed by atoms with Crippen molar-refractivity contribution >= 4 is 23.2 Å². The summed E-state index contributed by atoms with van der Waals surface area (Å²) in [4.78, 5) is 36.3. The van der Waals surface area contributed by atoms with E-state index in [1.165, 1.54) is 11.3 Å². The fourth-order valence-electron chi connectivity index (χ4n) is 2.41. The molecule has 7 heteroatoms. The predicted octanol–water partition coefficient (Wildman–Crippen LogP) is 1.44. The summed E-state index contributed by atoms with van der Waals surface area (Å²) < 4.78 is 0. The van der Waals surface area contributed by atoms with E-state index in [-0.39, 0.29) is 11.8 Å². The quantitative estimate of drug-likeness (QED) is 0.841. The molecule has 1 saturated heterocycles. The summed E-state index contributed by atoms with van der Waals surface area (Å²) >= 11 is 1.47. The molecule has 1 aliphatic rings. The van der Waals surface area contributed by atoms with Crippen molar-refractivity contribution in [2.45, 2.75) is 6.92 Å². The van der Waals surface area contributed by atoms with E-state index in [1.807, 2.05) is 6.92 Å². The van der Waals surface area contributed by atoms with Gasteiger partial charge in [-0.25, -0.2) is 4.98 Å². The van der Waals surface area contributed by atoms with Crippen LogP contribution in [0.1, 0.15) is 25.9 Å². The van der Waals surface area contributed by atoms with Crippen LogP contribution in [0.2, 0.25) is 0 Å². The third-order valence-electron chi connectivity index (χ3n) is 3.60. The van der Waals surface area contributed by atoms with Crippen LogP contribution < -0.4 is 0 Å². The van der Waals surface area contributed by atoms with Crippen molar-refractivity contribution in [2.24, 2.45) is 0 Å². The monoisotopic (exact) mass is 316 g/mol. The van der Waals surface area contributed by atoms with Crippen LogP contribution in [-0.2, 0) is 0 Å². The number of piperazine rings is 1. The zero-order valence-corrected chi connectivity index (χ0v) is 13.0. The molecule has 0 bridgehead atoms. The first kappa shape index (κ1) is 14.6. The highest BCUT2D eigenvalue weighted by molar-refractivity contribution is 7.09. The molecule has 0 spiro atoms. The normalized spacial score (nSPS) is 15.0. The number of aryl methyl sites for hydroxylation is 1. The summed E-state index contributed by atoms with van der Waals surface area (Å²) in [5.41, 5.74) is 1.08. The average molecular weight is 316 g/mol. The number of hydrogen-bond donors (Lipinski definition) is 0. The van der Waals surface area contributed by atoms with Gasteiger partial charge in [0.15, 0.2) is 0 Å². The molecule has 2 amide bonds. The molecule has 3 rings (SSSR count). The largest absolute Gasteiger partial charge is 0.335 e. The van der Waals surface area contributed by atoms with Crippen LogP contribution in [-0.4, -0.2) is 57.8 Å². The van der Waals surface area contributed by atoms with E-state index in [9.17, 15) is 9.59 Å². The first-order chi connectivity index (χ1) is 10.6. The van der Waals surface area contributed by atoms with Gasteiger partial charge in [0.1, 0.15) is 5.69 Å². The number of hydrogen-bond acceptors (Lipinski definition) is 5. The second-order valence-corrected chi connectivity index (χ2v) is 6.14. The third-order valence-corrected chi connectivity index (χ3v) is 4.37. The van der Waals surface area contributed by atoms with Crippen molar-refractivity contribution in [1.82, 2.24) is 19.8 Å². The van der Waals surface area contributed by atoms with E-state index < -0.39 is 0 Å². The number of carbonyl (C=O) groups excluding carboxylic acids is 2. The maximum Gasteiger partial charge on any atom is 0.273 e. The van der Waals surface area contributed by atoms with E-state index in [0.29, 0.717) is 37.4 Å². The van der Waals surface area contributed by atoms with E-state index >= 15 is 0 Å². The molecule has 0 aliphatic carbocycles. The van der Waals surface area contributed by atoms with E-state index in [2.05, 4.69) is 9.97 Å². The lowest BCUT2D eigenvalue weighted by molar-refractivity contribution is 0.0532. The Labute approximate surface area is 132 Å². The van der Waals surface area contributed by atoms with Crippen LogP contribution in [0.3, 0.4) is 0 Å². The van der Waals surface area contributed by atoms with Crippen LogP contribution >= 0.6 is 11.3 Å². The standard InChI is InChI=1S/C15H16N4O2S/c1-11-17-13(10-22-11)15(21)19-7-5-18(6-8-19)14(20)12-3-2-4-16-9-12/h2-4,9-10H,5-8H2,1H3. The Balaban J connectivity index is 1.61. The van der Waals surface area contributed by atoms with Crippen LogP contribution in [0.5, 0.6) is 0 Å². The maximum atomic E-state index is 12.3. The van der Waals surface area contributed by atoms with Gasteiger partial charge in [-0.2, -0.15) is 0 Å². The Hall–Kier alpha value is -2.28. The Morgan fingerprint density at radius 1 is 1.14 bits per heavy atom. The highest BCUT2D eigenvalue weighted by atomic mass is 32.1. The summed E-state index contributed by atoms with van der Waals surface area (Å²) in [5, 5.41) is 2.67. The van der Waals surface area contributed by atoms with E-state index in [4.69, 9.17) is 0 Å². The molecule has 1 fully saturated rings. The summed E-state index contributed by atoms with van der Waals surface area (Å²) in [6, 6.07) is 3.50. The number of aromatic nitrogens is 2. The molecule has 3 heterocycles. The second kappa shape index (κ2) is 6.23. The lowest BCUT2D eigenvalue weighted by atomic mass is 10.2. The van der Waals surface area contributed by atoms with Crippen molar-refractivity contribution in [1.29, 1.82) is 0 Å². The average Bonchev–Trinajstić information content (AvgIpc) is 3.01. The molecule has 22 heavy (non-hydrogen) atoms.